The van der Waals surface area contributed by atoms with Crippen LogP contribution in [-0.4, -0.2) is 38.0 Å². The lowest BCUT2D eigenvalue weighted by Gasteiger charge is -2.10. The van der Waals surface area contributed by atoms with Crippen molar-refractivity contribution in [1.29, 1.82) is 0 Å². The fourth-order valence-corrected chi connectivity index (χ4v) is 2.16. The van der Waals surface area contributed by atoms with Crippen LogP contribution in [0, 0.1) is 0 Å². The van der Waals surface area contributed by atoms with Crippen molar-refractivity contribution in [2.45, 2.75) is 0 Å². The van der Waals surface area contributed by atoms with Crippen LogP contribution >= 0.6 is 23.2 Å². The minimum Gasteiger partial charge on any atom is -0.478 e. The van der Waals surface area contributed by atoms with Gasteiger partial charge in [-0.15, -0.1) is 0 Å². The third kappa shape index (κ3) is 3.55. The Labute approximate surface area is 138 Å². The van der Waals surface area contributed by atoms with E-state index in [0.717, 1.165) is 24.5 Å². The van der Waals surface area contributed by atoms with Gasteiger partial charge in [-0.3, -0.25) is 4.79 Å². The van der Waals surface area contributed by atoms with E-state index in [9.17, 15) is 14.4 Å². The predicted octanol–water partition coefficient (Wildman–Crippen LogP) is 2.43. The summed E-state index contributed by atoms with van der Waals surface area (Å²) in [5.41, 5.74) is -1.32. The third-order valence-electron chi connectivity index (χ3n) is 2.65. The summed E-state index contributed by atoms with van der Waals surface area (Å²) in [6, 6.07) is 2.21. The van der Waals surface area contributed by atoms with Crippen LogP contribution in [0.1, 0.15) is 31.3 Å². The molecular weight excluding hydrogens is 349 g/mol. The molecule has 2 rings (SSSR count). The molecule has 0 saturated heterocycles. The minimum absolute atomic E-state index is 0.0193. The van der Waals surface area contributed by atoms with Crippen molar-refractivity contribution in [3.63, 3.8) is 0 Å². The summed E-state index contributed by atoms with van der Waals surface area (Å²) < 4.78 is 0. The molecule has 10 heteroatoms. The first-order valence-corrected chi connectivity index (χ1v) is 6.65. The molecule has 0 atom stereocenters. The smallest absolute Gasteiger partial charge is 0.356 e. The Morgan fingerprint density at radius 2 is 1.52 bits per heavy atom. The first-order chi connectivity index (χ1) is 10.8. The number of nitrogens with one attached hydrogen (secondary N) is 1. The zero-order chi connectivity index (χ0) is 17.1. The van der Waals surface area contributed by atoms with Crippen LogP contribution in [0.15, 0.2) is 24.5 Å². The Bertz CT molecular complexity index is 825. The lowest BCUT2D eigenvalue weighted by Crippen LogP contribution is -2.19. The summed E-state index contributed by atoms with van der Waals surface area (Å²) in [6.07, 6.45) is 2.27. The van der Waals surface area contributed by atoms with Crippen molar-refractivity contribution in [2.75, 3.05) is 5.32 Å². The molecule has 0 radical (unpaired) electrons. The number of hydrogen-bond acceptors (Lipinski definition) is 5. The number of aromatic carboxylic acids is 2. The van der Waals surface area contributed by atoms with Gasteiger partial charge in [-0.05, 0) is 12.1 Å². The number of carbonyl (C=O) groups excluding carboxylic acids is 1. The number of carbonyl (C=O) groups is 3. The zero-order valence-corrected chi connectivity index (χ0v) is 12.6. The Balaban J connectivity index is 2.40. The number of amides is 1. The Kier molecular flexibility index (Phi) is 4.77. The van der Waals surface area contributed by atoms with Gasteiger partial charge in [0.2, 0.25) is 0 Å². The molecule has 1 heterocycles. The summed E-state index contributed by atoms with van der Waals surface area (Å²) >= 11 is 11.6. The van der Waals surface area contributed by atoms with Crippen molar-refractivity contribution in [3.05, 3.63) is 51.5 Å². The van der Waals surface area contributed by atoms with Gasteiger partial charge < -0.3 is 15.5 Å². The van der Waals surface area contributed by atoms with E-state index in [1.54, 1.807) is 0 Å². The van der Waals surface area contributed by atoms with Gasteiger partial charge in [0, 0.05) is 12.4 Å². The summed E-state index contributed by atoms with van der Waals surface area (Å²) in [5, 5.41) is 20.2. The van der Waals surface area contributed by atoms with Crippen LogP contribution in [0.4, 0.5) is 5.69 Å². The molecule has 1 aromatic heterocycles. The molecular formula is C13H7Cl2N3O5. The SMILES string of the molecule is O=C(O)c1cc(NC(=O)c2nccnc2C(=O)O)c(Cl)cc1Cl. The van der Waals surface area contributed by atoms with Crippen LogP contribution in [0.2, 0.25) is 10.0 Å². The number of benzene rings is 1. The normalized spacial score (nSPS) is 10.2. The molecule has 0 bridgehead atoms. The molecule has 0 spiro atoms. The van der Waals surface area contributed by atoms with Gasteiger partial charge in [-0.1, -0.05) is 23.2 Å². The van der Waals surface area contributed by atoms with Crippen LogP contribution in [0.5, 0.6) is 0 Å². The molecule has 23 heavy (non-hydrogen) atoms. The molecule has 2 aromatic rings. The van der Waals surface area contributed by atoms with E-state index in [4.69, 9.17) is 33.4 Å². The number of carboxylic acids is 2. The van der Waals surface area contributed by atoms with Gasteiger partial charge in [0.15, 0.2) is 11.4 Å². The lowest BCUT2D eigenvalue weighted by molar-refractivity contribution is 0.0680. The van der Waals surface area contributed by atoms with E-state index in [1.807, 2.05) is 0 Å². The number of carboxylic acid groups (broad SMARTS) is 2. The standard InChI is InChI=1S/C13H7Cl2N3O5/c14-6-4-7(15)8(3-5(6)12(20)21)18-11(19)9-10(13(22)23)17-2-1-16-9/h1-4H,(H,18,19)(H,20,21)(H,22,23). The summed E-state index contributed by atoms with van der Waals surface area (Å²) in [4.78, 5) is 41.4. The van der Waals surface area contributed by atoms with Crippen LogP contribution in [0.3, 0.4) is 0 Å². The maximum absolute atomic E-state index is 12.1. The van der Waals surface area contributed by atoms with Crippen molar-refractivity contribution in [1.82, 2.24) is 9.97 Å². The topological polar surface area (TPSA) is 129 Å². The quantitative estimate of drug-likeness (QED) is 0.767. The van der Waals surface area contributed by atoms with Crippen molar-refractivity contribution in [3.8, 4) is 0 Å². The molecule has 0 fully saturated rings. The number of hydrogen-bond donors (Lipinski definition) is 3. The molecule has 1 amide bonds. The van der Waals surface area contributed by atoms with E-state index in [1.165, 1.54) is 0 Å². The Hall–Kier alpha value is -2.71. The molecule has 118 valence electrons. The van der Waals surface area contributed by atoms with Gasteiger partial charge in [-0.2, -0.15) is 0 Å². The zero-order valence-electron chi connectivity index (χ0n) is 11.1. The van der Waals surface area contributed by atoms with E-state index < -0.39 is 29.2 Å². The summed E-state index contributed by atoms with van der Waals surface area (Å²) in [7, 11) is 0. The monoisotopic (exact) mass is 355 g/mol. The molecule has 3 N–H and O–H groups in total. The number of anilines is 1. The highest BCUT2D eigenvalue weighted by molar-refractivity contribution is 6.38. The molecule has 0 saturated carbocycles. The second-order valence-electron chi connectivity index (χ2n) is 4.13. The van der Waals surface area contributed by atoms with Gasteiger partial charge >= 0.3 is 11.9 Å². The lowest BCUT2D eigenvalue weighted by atomic mass is 10.2. The van der Waals surface area contributed by atoms with Crippen molar-refractivity contribution >= 4 is 46.7 Å². The minimum atomic E-state index is -1.43. The van der Waals surface area contributed by atoms with E-state index in [2.05, 4.69) is 15.3 Å². The van der Waals surface area contributed by atoms with Gasteiger partial charge in [-0.25, -0.2) is 19.6 Å². The first-order valence-electron chi connectivity index (χ1n) is 5.89. The molecule has 0 aliphatic carbocycles. The second kappa shape index (κ2) is 6.59. The number of nitrogens with zero attached hydrogens (tertiary/aromatic N) is 2. The second-order valence-corrected chi connectivity index (χ2v) is 4.94. The van der Waals surface area contributed by atoms with Crippen LogP contribution in [0.25, 0.3) is 0 Å². The molecule has 0 aliphatic heterocycles. The molecule has 1 aromatic carbocycles. The van der Waals surface area contributed by atoms with E-state index >= 15 is 0 Å². The summed E-state index contributed by atoms with van der Waals surface area (Å²) in [6.45, 7) is 0. The number of aromatic nitrogens is 2. The molecule has 8 nitrogen and oxygen atoms in total. The third-order valence-corrected chi connectivity index (χ3v) is 3.28. The van der Waals surface area contributed by atoms with Gasteiger partial charge in [0.05, 0.1) is 21.3 Å². The van der Waals surface area contributed by atoms with Crippen molar-refractivity contribution in [2.24, 2.45) is 0 Å². The van der Waals surface area contributed by atoms with Crippen LogP contribution in [-0.2, 0) is 0 Å². The maximum Gasteiger partial charge on any atom is 0.356 e. The van der Waals surface area contributed by atoms with E-state index in [0.29, 0.717) is 0 Å². The van der Waals surface area contributed by atoms with Gasteiger partial charge in [0.1, 0.15) is 0 Å². The fraction of sp³-hybridized carbons (Fsp3) is 0. The van der Waals surface area contributed by atoms with Gasteiger partial charge in [0.25, 0.3) is 5.91 Å². The highest BCUT2D eigenvalue weighted by Gasteiger charge is 2.21. The largest absolute Gasteiger partial charge is 0.478 e. The van der Waals surface area contributed by atoms with E-state index in [-0.39, 0.29) is 21.3 Å². The Morgan fingerprint density at radius 3 is 2.09 bits per heavy atom. The van der Waals surface area contributed by atoms with Crippen LogP contribution < -0.4 is 5.32 Å². The maximum atomic E-state index is 12.1. The highest BCUT2D eigenvalue weighted by Crippen LogP contribution is 2.29. The highest BCUT2D eigenvalue weighted by atomic mass is 35.5. The number of rotatable bonds is 4. The Morgan fingerprint density at radius 1 is 0.913 bits per heavy atom. The first kappa shape index (κ1) is 16.7. The molecule has 0 unspecified atom stereocenters. The fourth-order valence-electron chi connectivity index (χ4n) is 1.65. The number of halogens is 2. The average Bonchev–Trinajstić information content (AvgIpc) is 2.49. The summed E-state index contributed by atoms with van der Waals surface area (Å²) in [5.74, 6) is -3.65. The average molecular weight is 356 g/mol. The predicted molar refractivity (Wildman–Crippen MR) is 80.4 cm³/mol. The van der Waals surface area contributed by atoms with Crippen molar-refractivity contribution < 1.29 is 24.6 Å². The molecule has 0 aliphatic rings.